The third-order valence-corrected chi connectivity index (χ3v) is 4.59. The minimum Gasteiger partial charge on any atom is -0.308 e. The van der Waals surface area contributed by atoms with E-state index >= 15 is 0 Å². The molecule has 2 atom stereocenters. The van der Waals surface area contributed by atoms with E-state index in [0.717, 1.165) is 13.1 Å². The molecule has 5 heteroatoms. The number of benzene rings is 2. The summed E-state index contributed by atoms with van der Waals surface area (Å²) >= 11 is 6.00. The van der Waals surface area contributed by atoms with E-state index in [1.165, 1.54) is 47.7 Å². The van der Waals surface area contributed by atoms with Gasteiger partial charge in [0, 0.05) is 25.2 Å². The zero-order valence-electron chi connectivity index (χ0n) is 14.2. The van der Waals surface area contributed by atoms with Gasteiger partial charge in [-0.3, -0.25) is 0 Å². The smallest absolute Gasteiger partial charge is 0.0224 e. The van der Waals surface area contributed by atoms with Crippen LogP contribution >= 0.6 is 28.5 Å². The number of hydrogen-bond acceptors (Lipinski definition) is 2. The van der Waals surface area contributed by atoms with E-state index in [9.17, 15) is 0 Å². The third kappa shape index (κ3) is 8.36. The zero-order valence-corrected chi connectivity index (χ0v) is 18.4. The summed E-state index contributed by atoms with van der Waals surface area (Å²) in [5, 5.41) is 7.52. The van der Waals surface area contributed by atoms with Crippen LogP contribution in [0.3, 0.4) is 0 Å². The van der Waals surface area contributed by atoms with E-state index in [4.69, 9.17) is 0 Å². The predicted octanol–water partition coefficient (Wildman–Crippen LogP) is 5.57. The van der Waals surface area contributed by atoms with Crippen molar-refractivity contribution < 1.29 is 10.9 Å². The summed E-state index contributed by atoms with van der Waals surface area (Å²) in [6.07, 6.45) is 5.24. The first kappa shape index (κ1) is 21.1. The Morgan fingerprint density at radius 2 is 1.08 bits per heavy atom. The summed E-state index contributed by atoms with van der Waals surface area (Å²) in [7, 11) is 1.25. The summed E-state index contributed by atoms with van der Waals surface area (Å²) in [4.78, 5) is 0. The molecule has 3 rings (SSSR count). The Bertz CT molecular complexity index is 517. The number of hydrogen-bond donors (Lipinski definition) is 2. The molecular formula is C20H26Br2N2Ni. The van der Waals surface area contributed by atoms with Crippen molar-refractivity contribution in [3.05, 3.63) is 71.8 Å². The summed E-state index contributed by atoms with van der Waals surface area (Å²) in [5.74, 6) is 0. The van der Waals surface area contributed by atoms with Gasteiger partial charge in [-0.2, -0.15) is 0 Å². The van der Waals surface area contributed by atoms with Crippen molar-refractivity contribution in [3.63, 3.8) is 0 Å². The third-order valence-electron chi connectivity index (χ3n) is 4.59. The maximum Gasteiger partial charge on any atom is 0.0224 e. The molecule has 0 spiro atoms. The predicted molar refractivity (Wildman–Crippen MR) is 110 cm³/mol. The molecule has 2 aromatic rings. The molecule has 1 aliphatic rings. The van der Waals surface area contributed by atoms with E-state index < -0.39 is 0 Å². The first-order chi connectivity index (χ1) is 12.3. The standard InChI is InChI=1S/C20H26N2.2BrH.Ni/c1-3-9-17(10-4-1)15-21-19-13-7-8-14-20(19)22-16-18-11-5-2-6-12-18;;;/h1-6,9-12,19-22H,7-8,13-16H2;2*1H;/q;;;+2/p-2/t19-,20-;;;/m0.../s1. The number of nitrogens with one attached hydrogen (secondary N) is 2. The molecule has 25 heavy (non-hydrogen) atoms. The van der Waals surface area contributed by atoms with Gasteiger partial charge < -0.3 is 10.6 Å². The number of rotatable bonds is 6. The molecule has 1 fully saturated rings. The van der Waals surface area contributed by atoms with Crippen LogP contribution in [-0.2, 0) is 24.0 Å². The van der Waals surface area contributed by atoms with Crippen LogP contribution in [-0.4, -0.2) is 12.1 Å². The van der Waals surface area contributed by atoms with Gasteiger partial charge in [-0.15, -0.1) is 0 Å². The molecular weight excluding hydrogens is 487 g/mol. The molecule has 0 amide bonds. The first-order valence-electron chi connectivity index (χ1n) is 8.70. The molecule has 1 aliphatic carbocycles. The maximum atomic E-state index is 3.76. The van der Waals surface area contributed by atoms with Gasteiger partial charge in [0.2, 0.25) is 0 Å². The molecule has 0 heterocycles. The van der Waals surface area contributed by atoms with Crippen LogP contribution in [0.1, 0.15) is 36.8 Å². The Labute approximate surface area is 171 Å². The summed E-state index contributed by atoms with van der Waals surface area (Å²) in [6.45, 7) is 1.93. The SMILES string of the molecule is [Br][Ni][Br].c1ccc(CN[C@H]2CCCC[C@@H]2NCc2ccccc2)cc1. The maximum absolute atomic E-state index is 3.76. The minimum absolute atomic E-state index is 0.581. The fraction of sp³-hybridized carbons (Fsp3) is 0.400. The van der Waals surface area contributed by atoms with Crippen molar-refractivity contribution in [1.82, 2.24) is 10.6 Å². The van der Waals surface area contributed by atoms with E-state index in [2.05, 4.69) is 99.7 Å². The van der Waals surface area contributed by atoms with Gasteiger partial charge in [0.25, 0.3) is 0 Å². The van der Waals surface area contributed by atoms with Crippen LogP contribution in [0.4, 0.5) is 0 Å². The molecule has 0 aliphatic heterocycles. The average Bonchev–Trinajstić information content (AvgIpc) is 2.68. The van der Waals surface area contributed by atoms with Gasteiger partial charge in [-0.1, -0.05) is 73.5 Å². The Morgan fingerprint density at radius 3 is 1.44 bits per heavy atom. The normalized spacial score (nSPS) is 19.9. The Balaban J connectivity index is 0.000000701. The van der Waals surface area contributed by atoms with Gasteiger partial charge in [0.05, 0.1) is 0 Å². The first-order valence-corrected chi connectivity index (χ1v) is 13.6. The molecule has 0 bridgehead atoms. The Kier molecular flexibility index (Phi) is 11.0. The molecule has 1 saturated carbocycles. The van der Waals surface area contributed by atoms with Crippen LogP contribution < -0.4 is 10.6 Å². The van der Waals surface area contributed by atoms with Crippen molar-refractivity contribution in [3.8, 4) is 0 Å². The van der Waals surface area contributed by atoms with E-state index in [0.29, 0.717) is 12.1 Å². The Morgan fingerprint density at radius 1 is 0.720 bits per heavy atom. The molecule has 0 aromatic heterocycles. The van der Waals surface area contributed by atoms with Crippen molar-refractivity contribution >= 4 is 28.5 Å². The van der Waals surface area contributed by atoms with Crippen LogP contribution in [0.15, 0.2) is 60.7 Å². The molecule has 0 saturated heterocycles. The fourth-order valence-electron chi connectivity index (χ4n) is 3.31. The summed E-state index contributed by atoms with van der Waals surface area (Å²) in [6, 6.07) is 22.6. The van der Waals surface area contributed by atoms with Crippen LogP contribution in [0.25, 0.3) is 0 Å². The van der Waals surface area contributed by atoms with Gasteiger partial charge in [-0.05, 0) is 24.0 Å². The quantitative estimate of drug-likeness (QED) is 0.495. The van der Waals surface area contributed by atoms with E-state index in [1.807, 2.05) is 0 Å². The second kappa shape index (κ2) is 13.1. The number of halogens is 2. The largest absolute Gasteiger partial charge is 0.308 e. The van der Waals surface area contributed by atoms with Crippen molar-refractivity contribution in [2.75, 3.05) is 0 Å². The average molecular weight is 513 g/mol. The Hall–Kier alpha value is -0.186. The second-order valence-corrected chi connectivity index (χ2v) is 11.3. The molecule has 140 valence electrons. The molecule has 2 aromatic carbocycles. The van der Waals surface area contributed by atoms with Crippen LogP contribution in [0.5, 0.6) is 0 Å². The van der Waals surface area contributed by atoms with Gasteiger partial charge in [-0.25, -0.2) is 0 Å². The van der Waals surface area contributed by atoms with Crippen molar-refractivity contribution in [2.45, 2.75) is 50.9 Å². The minimum atomic E-state index is 0.581. The van der Waals surface area contributed by atoms with Gasteiger partial charge in [0.15, 0.2) is 0 Å². The van der Waals surface area contributed by atoms with Crippen molar-refractivity contribution in [1.29, 1.82) is 0 Å². The van der Waals surface area contributed by atoms with Gasteiger partial charge >= 0.3 is 39.3 Å². The summed E-state index contributed by atoms with van der Waals surface area (Å²) in [5.41, 5.74) is 2.74. The van der Waals surface area contributed by atoms with Crippen molar-refractivity contribution in [2.24, 2.45) is 0 Å². The summed E-state index contributed by atoms with van der Waals surface area (Å²) < 4.78 is 0. The van der Waals surface area contributed by atoms with Crippen LogP contribution in [0, 0.1) is 0 Å². The second-order valence-electron chi connectivity index (χ2n) is 6.28. The molecule has 0 radical (unpaired) electrons. The molecule has 0 unspecified atom stereocenters. The van der Waals surface area contributed by atoms with E-state index in [-0.39, 0.29) is 0 Å². The molecule has 2 N–H and O–H groups in total. The van der Waals surface area contributed by atoms with E-state index in [1.54, 1.807) is 0 Å². The monoisotopic (exact) mass is 510 g/mol. The topological polar surface area (TPSA) is 24.1 Å². The zero-order chi connectivity index (χ0) is 17.7. The fourth-order valence-corrected chi connectivity index (χ4v) is 3.31. The molecule has 2 nitrogen and oxygen atoms in total. The van der Waals surface area contributed by atoms with Crippen LogP contribution in [0.2, 0.25) is 0 Å². The van der Waals surface area contributed by atoms with Gasteiger partial charge in [0.1, 0.15) is 0 Å².